The van der Waals surface area contributed by atoms with E-state index in [1.165, 1.54) is 5.56 Å². The molecule has 0 amide bonds. The molecule has 0 spiro atoms. The number of nitrogens with two attached hydrogens (primary N) is 1. The zero-order valence-electron chi connectivity index (χ0n) is 10.2. The van der Waals surface area contributed by atoms with Crippen LogP contribution in [-0.4, -0.2) is 9.78 Å². The maximum Gasteiger partial charge on any atom is 0.0530 e. The van der Waals surface area contributed by atoms with Crippen LogP contribution in [0.1, 0.15) is 18.1 Å². The number of anilines is 1. The topological polar surface area (TPSA) is 43.8 Å². The molecule has 2 rings (SSSR count). The molecule has 2 aromatic rings. The van der Waals surface area contributed by atoms with Gasteiger partial charge in [0.2, 0.25) is 0 Å². The van der Waals surface area contributed by atoms with Gasteiger partial charge in [0.05, 0.1) is 6.20 Å². The average Bonchev–Trinajstić information content (AvgIpc) is 2.79. The van der Waals surface area contributed by atoms with Gasteiger partial charge in [-0.1, -0.05) is 12.1 Å². The molecule has 0 aliphatic rings. The lowest BCUT2D eigenvalue weighted by Gasteiger charge is -2.06. The highest BCUT2D eigenvalue weighted by atomic mass is 32.2. The quantitative estimate of drug-likeness (QED) is 0.667. The summed E-state index contributed by atoms with van der Waals surface area (Å²) >= 11 is 1.76. The van der Waals surface area contributed by atoms with Crippen molar-refractivity contribution >= 4 is 17.4 Å². The number of thioether (sulfide) groups is 1. The first-order valence-electron chi connectivity index (χ1n) is 5.70. The second-order valence-corrected chi connectivity index (χ2v) is 5.00. The van der Waals surface area contributed by atoms with Crippen LogP contribution in [-0.2, 0) is 12.3 Å². The third-order valence-corrected chi connectivity index (χ3v) is 3.83. The molecule has 0 bridgehead atoms. The Kier molecular flexibility index (Phi) is 3.74. The number of para-hydroxylation sites is 1. The zero-order chi connectivity index (χ0) is 12.3. The monoisotopic (exact) mass is 247 g/mol. The van der Waals surface area contributed by atoms with Crippen molar-refractivity contribution in [3.8, 4) is 0 Å². The number of aryl methyl sites for hydroxylation is 2. The van der Waals surface area contributed by atoms with E-state index in [1.807, 2.05) is 29.9 Å². The summed E-state index contributed by atoms with van der Waals surface area (Å²) in [5, 5.41) is 4.26. The summed E-state index contributed by atoms with van der Waals surface area (Å²) in [6, 6.07) is 6.15. The summed E-state index contributed by atoms with van der Waals surface area (Å²) in [4.78, 5) is 1.15. The molecule has 0 aliphatic heterocycles. The van der Waals surface area contributed by atoms with Gasteiger partial charge in [-0.2, -0.15) is 5.10 Å². The van der Waals surface area contributed by atoms with Crippen LogP contribution in [0.5, 0.6) is 0 Å². The smallest absolute Gasteiger partial charge is 0.0530 e. The van der Waals surface area contributed by atoms with E-state index in [2.05, 4.69) is 24.3 Å². The first-order chi connectivity index (χ1) is 8.20. The molecule has 0 atom stereocenters. The van der Waals surface area contributed by atoms with Gasteiger partial charge in [0.15, 0.2) is 0 Å². The van der Waals surface area contributed by atoms with Crippen LogP contribution in [0.3, 0.4) is 0 Å². The van der Waals surface area contributed by atoms with E-state index in [0.717, 1.165) is 28.4 Å². The number of nitrogens with zero attached hydrogens (tertiary/aromatic N) is 2. The Bertz CT molecular complexity index is 505. The van der Waals surface area contributed by atoms with Crippen LogP contribution in [0.2, 0.25) is 0 Å². The first-order valence-corrected chi connectivity index (χ1v) is 6.68. The Morgan fingerprint density at radius 1 is 1.41 bits per heavy atom. The number of rotatable bonds is 4. The number of hydrogen-bond donors (Lipinski definition) is 1. The molecule has 4 heteroatoms. The van der Waals surface area contributed by atoms with Crippen LogP contribution in [0.25, 0.3) is 0 Å². The van der Waals surface area contributed by atoms with Gasteiger partial charge in [-0.3, -0.25) is 4.68 Å². The Labute approximate surface area is 106 Å². The van der Waals surface area contributed by atoms with E-state index < -0.39 is 0 Å². The molecule has 3 nitrogen and oxygen atoms in total. The second-order valence-electron chi connectivity index (χ2n) is 3.98. The molecular formula is C13H17N3S. The van der Waals surface area contributed by atoms with Gasteiger partial charge in [0.1, 0.15) is 0 Å². The highest BCUT2D eigenvalue weighted by molar-refractivity contribution is 7.98. The van der Waals surface area contributed by atoms with Crippen LogP contribution < -0.4 is 5.73 Å². The molecule has 90 valence electrons. The van der Waals surface area contributed by atoms with E-state index in [0.29, 0.717) is 0 Å². The molecule has 0 saturated carbocycles. The Balaban J connectivity index is 2.04. The van der Waals surface area contributed by atoms with Crippen molar-refractivity contribution in [1.82, 2.24) is 9.78 Å². The summed E-state index contributed by atoms with van der Waals surface area (Å²) in [5.74, 6) is 0.910. The van der Waals surface area contributed by atoms with Crippen molar-refractivity contribution in [3.05, 3.63) is 41.7 Å². The van der Waals surface area contributed by atoms with Crippen LogP contribution in [0.15, 0.2) is 35.5 Å². The largest absolute Gasteiger partial charge is 0.398 e. The Morgan fingerprint density at radius 3 is 2.94 bits per heavy atom. The minimum absolute atomic E-state index is 0.889. The molecule has 0 unspecified atom stereocenters. The lowest BCUT2D eigenvalue weighted by atomic mass is 10.2. The zero-order valence-corrected chi connectivity index (χ0v) is 11.0. The molecule has 1 aromatic carbocycles. The number of aromatic nitrogens is 2. The van der Waals surface area contributed by atoms with Crippen molar-refractivity contribution in [3.63, 3.8) is 0 Å². The Hall–Kier alpha value is -1.42. The summed E-state index contributed by atoms with van der Waals surface area (Å²) in [6.45, 7) is 5.04. The van der Waals surface area contributed by atoms with E-state index >= 15 is 0 Å². The van der Waals surface area contributed by atoms with E-state index in [1.54, 1.807) is 11.8 Å². The third kappa shape index (κ3) is 2.82. The summed E-state index contributed by atoms with van der Waals surface area (Å²) in [7, 11) is 0. The van der Waals surface area contributed by atoms with Crippen LogP contribution in [0, 0.1) is 6.92 Å². The normalized spacial score (nSPS) is 10.7. The van der Waals surface area contributed by atoms with Gasteiger partial charge in [0, 0.05) is 34.6 Å². The second kappa shape index (κ2) is 5.27. The standard InChI is InChI=1S/C13H17N3S/c1-3-16-8-11(7-15-16)9-17-12-6-4-5-10(2)13(12)14/h4-8H,3,9,14H2,1-2H3. The Morgan fingerprint density at radius 2 is 2.24 bits per heavy atom. The molecule has 1 aromatic heterocycles. The van der Waals surface area contributed by atoms with Crippen molar-refractivity contribution in [2.24, 2.45) is 0 Å². The van der Waals surface area contributed by atoms with Gasteiger partial charge >= 0.3 is 0 Å². The van der Waals surface area contributed by atoms with Crippen molar-refractivity contribution in [2.45, 2.75) is 31.0 Å². The maximum absolute atomic E-state index is 6.04. The fraction of sp³-hybridized carbons (Fsp3) is 0.308. The minimum Gasteiger partial charge on any atom is -0.398 e. The molecule has 0 saturated heterocycles. The van der Waals surface area contributed by atoms with Crippen molar-refractivity contribution in [1.29, 1.82) is 0 Å². The summed E-state index contributed by atoms with van der Waals surface area (Å²) in [6.07, 6.45) is 4.00. The predicted molar refractivity (Wildman–Crippen MR) is 73.1 cm³/mol. The number of benzene rings is 1. The SMILES string of the molecule is CCn1cc(CSc2cccc(C)c2N)cn1. The number of nitrogen functional groups attached to an aromatic ring is 1. The molecule has 1 heterocycles. The maximum atomic E-state index is 6.04. The first kappa shape index (κ1) is 12.0. The lowest BCUT2D eigenvalue weighted by molar-refractivity contribution is 0.659. The van der Waals surface area contributed by atoms with Gasteiger partial charge in [-0.15, -0.1) is 11.8 Å². The third-order valence-electron chi connectivity index (χ3n) is 2.69. The predicted octanol–water partition coefficient (Wildman–Crippen LogP) is 3.09. The van der Waals surface area contributed by atoms with Gasteiger partial charge < -0.3 is 5.73 Å². The minimum atomic E-state index is 0.889. The molecule has 17 heavy (non-hydrogen) atoms. The molecule has 0 radical (unpaired) electrons. The fourth-order valence-corrected chi connectivity index (χ4v) is 2.56. The van der Waals surface area contributed by atoms with Gasteiger partial charge in [-0.05, 0) is 25.5 Å². The summed E-state index contributed by atoms with van der Waals surface area (Å²) < 4.78 is 1.94. The number of hydrogen-bond acceptors (Lipinski definition) is 3. The van der Waals surface area contributed by atoms with E-state index in [4.69, 9.17) is 5.73 Å². The van der Waals surface area contributed by atoms with E-state index in [9.17, 15) is 0 Å². The summed E-state index contributed by atoms with van der Waals surface area (Å²) in [5.41, 5.74) is 9.30. The molecule has 0 aliphatic carbocycles. The average molecular weight is 247 g/mol. The van der Waals surface area contributed by atoms with Crippen LogP contribution in [0.4, 0.5) is 5.69 Å². The van der Waals surface area contributed by atoms with Gasteiger partial charge in [0.25, 0.3) is 0 Å². The molecule has 0 fully saturated rings. The van der Waals surface area contributed by atoms with Gasteiger partial charge in [-0.25, -0.2) is 0 Å². The highest BCUT2D eigenvalue weighted by Crippen LogP contribution is 2.29. The van der Waals surface area contributed by atoms with Crippen LogP contribution >= 0.6 is 11.8 Å². The fourth-order valence-electron chi connectivity index (χ4n) is 1.59. The van der Waals surface area contributed by atoms with E-state index in [-0.39, 0.29) is 0 Å². The molecule has 2 N–H and O–H groups in total. The lowest BCUT2D eigenvalue weighted by Crippen LogP contribution is -1.93. The van der Waals surface area contributed by atoms with Crippen molar-refractivity contribution in [2.75, 3.05) is 5.73 Å². The highest BCUT2D eigenvalue weighted by Gasteiger charge is 2.04. The van der Waals surface area contributed by atoms with Crippen molar-refractivity contribution < 1.29 is 0 Å². The molecular weight excluding hydrogens is 230 g/mol.